The molecule has 0 aromatic heterocycles. The number of halogens is 1. The van der Waals surface area contributed by atoms with Crippen LogP contribution in [0.25, 0.3) is 0 Å². The van der Waals surface area contributed by atoms with Crippen molar-refractivity contribution in [2.75, 3.05) is 0 Å². The SMILES string of the molecule is CC(CC1CCCCC1)C(=O)NCc1ccc2c(c1)CNC2.Cl. The van der Waals surface area contributed by atoms with E-state index in [0.29, 0.717) is 6.54 Å². The monoisotopic (exact) mass is 336 g/mol. The molecule has 1 aliphatic carbocycles. The third-order valence-electron chi connectivity index (χ3n) is 5.23. The number of nitrogens with one attached hydrogen (secondary N) is 2. The van der Waals surface area contributed by atoms with Crippen LogP contribution in [0, 0.1) is 11.8 Å². The van der Waals surface area contributed by atoms with Gasteiger partial charge in [-0.05, 0) is 29.0 Å². The van der Waals surface area contributed by atoms with Gasteiger partial charge in [0.2, 0.25) is 5.91 Å². The van der Waals surface area contributed by atoms with Crippen molar-refractivity contribution < 1.29 is 4.79 Å². The van der Waals surface area contributed by atoms with E-state index in [4.69, 9.17) is 0 Å². The van der Waals surface area contributed by atoms with Gasteiger partial charge in [-0.1, -0.05) is 57.2 Å². The van der Waals surface area contributed by atoms with E-state index in [2.05, 4.69) is 35.8 Å². The molecule has 23 heavy (non-hydrogen) atoms. The maximum Gasteiger partial charge on any atom is 0.223 e. The molecule has 2 N–H and O–H groups in total. The van der Waals surface area contributed by atoms with Crippen molar-refractivity contribution in [1.29, 1.82) is 0 Å². The molecule has 0 saturated heterocycles. The Balaban J connectivity index is 0.00000192. The summed E-state index contributed by atoms with van der Waals surface area (Å²) in [4.78, 5) is 12.3. The molecule has 1 atom stereocenters. The number of rotatable bonds is 5. The van der Waals surface area contributed by atoms with Crippen LogP contribution in [-0.2, 0) is 24.4 Å². The van der Waals surface area contributed by atoms with Gasteiger partial charge in [-0.2, -0.15) is 0 Å². The summed E-state index contributed by atoms with van der Waals surface area (Å²) >= 11 is 0. The largest absolute Gasteiger partial charge is 0.352 e. The minimum atomic E-state index is 0. The molecular formula is C19H29ClN2O. The molecule has 128 valence electrons. The Morgan fingerprint density at radius 1 is 1.22 bits per heavy atom. The highest BCUT2D eigenvalue weighted by atomic mass is 35.5. The predicted octanol–water partition coefficient (Wildman–Crippen LogP) is 3.93. The minimum Gasteiger partial charge on any atom is -0.352 e. The molecule has 3 rings (SSSR count). The standard InChI is InChI=1S/C19H28N2O.ClH/c1-14(9-15-5-3-2-4-6-15)19(22)21-11-16-7-8-17-12-20-13-18(17)10-16;/h7-8,10,14-15,20H,2-6,9,11-13H2,1H3,(H,21,22);1H. The third-order valence-corrected chi connectivity index (χ3v) is 5.23. The van der Waals surface area contributed by atoms with Gasteiger partial charge in [-0.25, -0.2) is 0 Å². The van der Waals surface area contributed by atoms with Crippen LogP contribution in [0.3, 0.4) is 0 Å². The summed E-state index contributed by atoms with van der Waals surface area (Å²) in [6.45, 7) is 4.66. The van der Waals surface area contributed by atoms with Crippen molar-refractivity contribution in [1.82, 2.24) is 10.6 Å². The van der Waals surface area contributed by atoms with Crippen LogP contribution in [0.4, 0.5) is 0 Å². The second kappa shape index (κ2) is 8.70. The predicted molar refractivity (Wildman–Crippen MR) is 96.4 cm³/mol. The first-order chi connectivity index (χ1) is 10.7. The molecule has 4 heteroatoms. The summed E-state index contributed by atoms with van der Waals surface area (Å²) in [5, 5.41) is 6.48. The van der Waals surface area contributed by atoms with Crippen molar-refractivity contribution in [3.63, 3.8) is 0 Å². The van der Waals surface area contributed by atoms with Crippen LogP contribution >= 0.6 is 12.4 Å². The van der Waals surface area contributed by atoms with Gasteiger partial charge in [0.25, 0.3) is 0 Å². The first-order valence-electron chi connectivity index (χ1n) is 8.81. The maximum atomic E-state index is 12.3. The molecule has 1 unspecified atom stereocenters. The van der Waals surface area contributed by atoms with Crippen molar-refractivity contribution >= 4 is 18.3 Å². The average Bonchev–Trinajstić information content (AvgIpc) is 3.01. The van der Waals surface area contributed by atoms with Crippen molar-refractivity contribution in [2.24, 2.45) is 11.8 Å². The zero-order chi connectivity index (χ0) is 15.4. The lowest BCUT2D eigenvalue weighted by Gasteiger charge is -2.24. The topological polar surface area (TPSA) is 41.1 Å². The average molecular weight is 337 g/mol. The maximum absolute atomic E-state index is 12.3. The van der Waals surface area contributed by atoms with E-state index in [-0.39, 0.29) is 24.2 Å². The first kappa shape index (κ1) is 18.3. The summed E-state index contributed by atoms with van der Waals surface area (Å²) in [6, 6.07) is 6.54. The highest BCUT2D eigenvalue weighted by Crippen LogP contribution is 2.29. The highest BCUT2D eigenvalue weighted by Gasteiger charge is 2.20. The number of benzene rings is 1. The lowest BCUT2D eigenvalue weighted by molar-refractivity contribution is -0.125. The van der Waals surface area contributed by atoms with E-state index in [9.17, 15) is 4.79 Å². The van der Waals surface area contributed by atoms with Gasteiger partial charge in [0, 0.05) is 25.6 Å². The molecular weight excluding hydrogens is 308 g/mol. The summed E-state index contributed by atoms with van der Waals surface area (Å²) in [7, 11) is 0. The Bertz CT molecular complexity index is 526. The highest BCUT2D eigenvalue weighted by molar-refractivity contribution is 5.85. The number of fused-ring (bicyclic) bond motifs is 1. The molecule has 0 radical (unpaired) electrons. The Hall–Kier alpha value is -1.06. The van der Waals surface area contributed by atoms with Gasteiger partial charge in [0.15, 0.2) is 0 Å². The normalized spacial score (nSPS) is 18.8. The second-order valence-electron chi connectivity index (χ2n) is 7.07. The van der Waals surface area contributed by atoms with E-state index < -0.39 is 0 Å². The number of hydrogen-bond acceptors (Lipinski definition) is 2. The van der Waals surface area contributed by atoms with Crippen LogP contribution in [0.2, 0.25) is 0 Å². The molecule has 1 aromatic rings. The second-order valence-corrected chi connectivity index (χ2v) is 7.07. The zero-order valence-corrected chi connectivity index (χ0v) is 14.9. The Kier molecular flexibility index (Phi) is 6.91. The molecule has 3 nitrogen and oxygen atoms in total. The van der Waals surface area contributed by atoms with Gasteiger partial charge < -0.3 is 10.6 Å². The fraction of sp³-hybridized carbons (Fsp3) is 0.632. The van der Waals surface area contributed by atoms with Gasteiger partial charge in [0.1, 0.15) is 0 Å². The van der Waals surface area contributed by atoms with E-state index >= 15 is 0 Å². The molecule has 1 saturated carbocycles. The molecule has 2 aliphatic rings. The summed E-state index contributed by atoms with van der Waals surface area (Å²) in [5.41, 5.74) is 3.98. The van der Waals surface area contributed by atoms with E-state index in [1.807, 2.05) is 0 Å². The van der Waals surface area contributed by atoms with Gasteiger partial charge in [0.05, 0.1) is 0 Å². The Morgan fingerprint density at radius 2 is 1.96 bits per heavy atom. The van der Waals surface area contributed by atoms with Gasteiger partial charge in [-0.3, -0.25) is 4.79 Å². The van der Waals surface area contributed by atoms with Crippen molar-refractivity contribution in [3.05, 3.63) is 34.9 Å². The molecule has 1 fully saturated rings. The van der Waals surface area contributed by atoms with Crippen molar-refractivity contribution in [2.45, 2.75) is 65.1 Å². The summed E-state index contributed by atoms with van der Waals surface area (Å²) in [6.07, 6.45) is 7.76. The van der Waals surface area contributed by atoms with E-state index in [0.717, 1.165) is 25.4 Å². The van der Waals surface area contributed by atoms with Crippen LogP contribution in [0.5, 0.6) is 0 Å². The number of carbonyl (C=O) groups is 1. The van der Waals surface area contributed by atoms with E-state index in [1.165, 1.54) is 48.8 Å². The van der Waals surface area contributed by atoms with Crippen LogP contribution in [0.15, 0.2) is 18.2 Å². The zero-order valence-electron chi connectivity index (χ0n) is 14.1. The fourth-order valence-electron chi connectivity index (χ4n) is 3.85. The van der Waals surface area contributed by atoms with Crippen molar-refractivity contribution in [3.8, 4) is 0 Å². The van der Waals surface area contributed by atoms with Crippen LogP contribution in [-0.4, -0.2) is 5.91 Å². The minimum absolute atomic E-state index is 0. The Morgan fingerprint density at radius 3 is 2.74 bits per heavy atom. The number of amides is 1. The summed E-state index contributed by atoms with van der Waals surface area (Å²) in [5.74, 6) is 1.11. The van der Waals surface area contributed by atoms with Gasteiger partial charge in [-0.15, -0.1) is 12.4 Å². The molecule has 1 aromatic carbocycles. The first-order valence-corrected chi connectivity index (χ1v) is 8.81. The number of hydrogen-bond donors (Lipinski definition) is 2. The lowest BCUT2D eigenvalue weighted by atomic mass is 9.83. The smallest absolute Gasteiger partial charge is 0.223 e. The van der Waals surface area contributed by atoms with Crippen LogP contribution < -0.4 is 10.6 Å². The van der Waals surface area contributed by atoms with E-state index in [1.54, 1.807) is 0 Å². The lowest BCUT2D eigenvalue weighted by Crippen LogP contribution is -2.30. The molecule has 0 spiro atoms. The number of carbonyl (C=O) groups excluding carboxylic acids is 1. The molecule has 0 bridgehead atoms. The quantitative estimate of drug-likeness (QED) is 0.855. The molecule has 1 heterocycles. The van der Waals surface area contributed by atoms with Gasteiger partial charge >= 0.3 is 0 Å². The molecule has 1 aliphatic heterocycles. The summed E-state index contributed by atoms with van der Waals surface area (Å²) < 4.78 is 0. The van der Waals surface area contributed by atoms with Crippen LogP contribution in [0.1, 0.15) is 62.1 Å². The molecule has 1 amide bonds. The third kappa shape index (κ3) is 4.95. The fourth-order valence-corrected chi connectivity index (χ4v) is 3.85. The Labute approximate surface area is 146 Å².